The van der Waals surface area contributed by atoms with Crippen molar-refractivity contribution in [1.82, 2.24) is 24.8 Å². The van der Waals surface area contributed by atoms with E-state index in [9.17, 15) is 9.59 Å². The number of carboxylic acids is 1. The number of likely N-dealkylation sites (tertiary alicyclic amines) is 1. The summed E-state index contributed by atoms with van der Waals surface area (Å²) in [4.78, 5) is 46.2. The molecule has 2 aliphatic rings. The Hall–Kier alpha value is -2.64. The van der Waals surface area contributed by atoms with E-state index in [1.54, 1.807) is 17.5 Å². The maximum Gasteiger partial charge on any atom is 0.317 e. The van der Waals surface area contributed by atoms with Gasteiger partial charge in [-0.05, 0) is 39.3 Å². The summed E-state index contributed by atoms with van der Waals surface area (Å²) in [5, 5.41) is 15.0. The molecule has 1 amide bonds. The van der Waals surface area contributed by atoms with Gasteiger partial charge in [-0.1, -0.05) is 22.9 Å². The van der Waals surface area contributed by atoms with E-state index >= 15 is 0 Å². The molecular weight excluding hydrogens is 546 g/mol. The fraction of sp³-hybridized carbons (Fsp3) is 0.480. The van der Waals surface area contributed by atoms with Crippen molar-refractivity contribution < 1.29 is 14.7 Å². The number of halogens is 1. The topological polar surface area (TPSA) is 115 Å². The third kappa shape index (κ3) is 6.15. The summed E-state index contributed by atoms with van der Waals surface area (Å²) >= 11 is 9.22. The number of thiophene rings is 1. The van der Waals surface area contributed by atoms with Gasteiger partial charge in [-0.15, -0.1) is 11.3 Å². The SMILES string of the molecule is C[C@@H]1CCCN1Cc1sc(NC(=O)c2cnc(N3CCN(CC(=O)O)C[C@@H]3C)cn2)nc1-c1cc(Cl)cs1. The van der Waals surface area contributed by atoms with Gasteiger partial charge < -0.3 is 10.0 Å². The first-order valence-corrected chi connectivity index (χ1v) is 14.7. The fourth-order valence-electron chi connectivity index (χ4n) is 5.01. The van der Waals surface area contributed by atoms with Crippen molar-refractivity contribution in [2.24, 2.45) is 0 Å². The number of hydrogen-bond donors (Lipinski definition) is 2. The third-order valence-corrected chi connectivity index (χ3v) is 9.23. The van der Waals surface area contributed by atoms with Crippen LogP contribution in [0.15, 0.2) is 23.8 Å². The standard InChI is InChI=1S/C25H30ClN7O3S2/c1-15-4-3-5-32(15)12-20-23(19-8-17(26)14-37-19)29-25(38-20)30-24(36)18-9-28-21(10-27-18)33-7-6-31(11-16(33)2)13-22(34)35/h8-10,14-16H,3-7,11-13H2,1-2H3,(H,34,35)(H,29,30,36)/t15-,16+/m1/s1. The highest BCUT2D eigenvalue weighted by atomic mass is 35.5. The molecule has 10 nitrogen and oxygen atoms in total. The van der Waals surface area contributed by atoms with E-state index in [1.165, 1.54) is 30.4 Å². The molecule has 2 fully saturated rings. The first-order valence-electron chi connectivity index (χ1n) is 12.6. The summed E-state index contributed by atoms with van der Waals surface area (Å²) in [5.41, 5.74) is 1.07. The Morgan fingerprint density at radius 1 is 1.18 bits per heavy atom. The Morgan fingerprint density at radius 3 is 2.66 bits per heavy atom. The van der Waals surface area contributed by atoms with Crippen LogP contribution in [0.5, 0.6) is 0 Å². The molecule has 2 N–H and O–H groups in total. The van der Waals surface area contributed by atoms with Gasteiger partial charge in [0.2, 0.25) is 0 Å². The van der Waals surface area contributed by atoms with Gasteiger partial charge in [0.25, 0.3) is 5.91 Å². The van der Waals surface area contributed by atoms with Crippen LogP contribution in [0.4, 0.5) is 10.9 Å². The van der Waals surface area contributed by atoms with E-state index in [0.29, 0.717) is 41.6 Å². The molecule has 38 heavy (non-hydrogen) atoms. The molecule has 2 saturated heterocycles. The van der Waals surface area contributed by atoms with E-state index in [4.69, 9.17) is 21.7 Å². The largest absolute Gasteiger partial charge is 0.480 e. The van der Waals surface area contributed by atoms with Crippen LogP contribution >= 0.6 is 34.3 Å². The van der Waals surface area contributed by atoms with Gasteiger partial charge in [0, 0.05) is 48.5 Å². The summed E-state index contributed by atoms with van der Waals surface area (Å²) in [6, 6.07) is 2.51. The average molecular weight is 576 g/mol. The molecule has 0 saturated carbocycles. The number of carbonyl (C=O) groups is 2. The van der Waals surface area contributed by atoms with Crippen molar-refractivity contribution >= 4 is 57.1 Å². The third-order valence-electron chi connectivity index (χ3n) is 6.99. The van der Waals surface area contributed by atoms with Gasteiger partial charge in [-0.3, -0.25) is 24.7 Å². The van der Waals surface area contributed by atoms with Gasteiger partial charge in [-0.25, -0.2) is 15.0 Å². The smallest absolute Gasteiger partial charge is 0.317 e. The second-order valence-corrected chi connectivity index (χ2v) is 12.2. The lowest BCUT2D eigenvalue weighted by molar-refractivity contribution is -0.138. The van der Waals surface area contributed by atoms with Crippen molar-refractivity contribution in [3.8, 4) is 10.6 Å². The highest BCUT2D eigenvalue weighted by molar-refractivity contribution is 7.17. The number of carbonyl (C=O) groups excluding carboxylic acids is 1. The Balaban J connectivity index is 1.28. The first kappa shape index (κ1) is 26.9. The molecular formula is C25H30ClN7O3S2. The lowest BCUT2D eigenvalue weighted by atomic mass is 10.2. The summed E-state index contributed by atoms with van der Waals surface area (Å²) < 4.78 is 0. The first-order chi connectivity index (χ1) is 18.3. The van der Waals surface area contributed by atoms with Gasteiger partial charge >= 0.3 is 5.97 Å². The molecule has 3 aromatic heterocycles. The van der Waals surface area contributed by atoms with Gasteiger partial charge in [0.1, 0.15) is 11.5 Å². The summed E-state index contributed by atoms with van der Waals surface area (Å²) in [6.45, 7) is 8.03. The molecule has 202 valence electrons. The predicted molar refractivity (Wildman–Crippen MR) is 150 cm³/mol. The molecule has 5 heterocycles. The molecule has 3 aromatic rings. The number of piperazine rings is 1. The summed E-state index contributed by atoms with van der Waals surface area (Å²) in [5.74, 6) is -0.531. The number of nitrogens with zero attached hydrogens (tertiary/aromatic N) is 6. The van der Waals surface area contributed by atoms with E-state index in [1.807, 2.05) is 23.3 Å². The number of aromatic nitrogens is 3. The molecule has 0 aliphatic carbocycles. The molecule has 13 heteroatoms. The van der Waals surface area contributed by atoms with Crippen LogP contribution in [-0.2, 0) is 11.3 Å². The summed E-state index contributed by atoms with van der Waals surface area (Å²) in [6.07, 6.45) is 5.45. The second kappa shape index (κ2) is 11.6. The van der Waals surface area contributed by atoms with Crippen molar-refractivity contribution in [2.75, 3.05) is 42.9 Å². The lowest BCUT2D eigenvalue weighted by Crippen LogP contribution is -2.53. The lowest BCUT2D eigenvalue weighted by Gasteiger charge is -2.39. The fourth-order valence-corrected chi connectivity index (χ4v) is 7.16. The van der Waals surface area contributed by atoms with Crippen LogP contribution < -0.4 is 10.2 Å². The maximum atomic E-state index is 13.0. The van der Waals surface area contributed by atoms with E-state index in [-0.39, 0.29) is 24.2 Å². The molecule has 0 spiro atoms. The highest BCUT2D eigenvalue weighted by Crippen LogP contribution is 2.37. The minimum absolute atomic E-state index is 0.0275. The van der Waals surface area contributed by atoms with Crippen molar-refractivity contribution in [3.63, 3.8) is 0 Å². The van der Waals surface area contributed by atoms with Crippen LogP contribution in [0.25, 0.3) is 10.6 Å². The maximum absolute atomic E-state index is 13.0. The van der Waals surface area contributed by atoms with E-state index in [0.717, 1.165) is 28.5 Å². The molecule has 2 aliphatic heterocycles. The zero-order chi connectivity index (χ0) is 26.8. The molecule has 5 rings (SSSR count). The van der Waals surface area contributed by atoms with Gasteiger partial charge in [0.05, 0.1) is 34.5 Å². The van der Waals surface area contributed by atoms with Crippen LogP contribution in [0.2, 0.25) is 5.02 Å². The number of amides is 1. The number of carboxylic acid groups (broad SMARTS) is 1. The monoisotopic (exact) mass is 575 g/mol. The van der Waals surface area contributed by atoms with Crippen molar-refractivity contribution in [1.29, 1.82) is 0 Å². The highest BCUT2D eigenvalue weighted by Gasteiger charge is 2.27. The Labute approximate surface area is 234 Å². The number of aliphatic carboxylic acids is 1. The van der Waals surface area contributed by atoms with Crippen LogP contribution in [0.3, 0.4) is 0 Å². The van der Waals surface area contributed by atoms with Crippen molar-refractivity contribution in [3.05, 3.63) is 39.4 Å². The Bertz CT molecular complexity index is 1300. The predicted octanol–water partition coefficient (Wildman–Crippen LogP) is 4.15. The quantitative estimate of drug-likeness (QED) is 0.409. The van der Waals surface area contributed by atoms with Crippen molar-refractivity contribution in [2.45, 2.75) is 45.3 Å². The minimum atomic E-state index is -0.829. The number of rotatable bonds is 8. The van der Waals surface area contributed by atoms with Gasteiger partial charge in [0.15, 0.2) is 5.13 Å². The molecule has 0 radical (unpaired) electrons. The normalized spacial score (nSPS) is 20.7. The zero-order valence-corrected chi connectivity index (χ0v) is 23.7. The minimum Gasteiger partial charge on any atom is -0.480 e. The summed E-state index contributed by atoms with van der Waals surface area (Å²) in [7, 11) is 0. The van der Waals surface area contributed by atoms with Crippen LogP contribution in [-0.4, -0.2) is 86.5 Å². The second-order valence-electron chi connectivity index (χ2n) is 9.77. The Morgan fingerprint density at radius 2 is 2.03 bits per heavy atom. The molecule has 0 aromatic carbocycles. The van der Waals surface area contributed by atoms with E-state index < -0.39 is 5.97 Å². The van der Waals surface area contributed by atoms with Gasteiger partial charge in [-0.2, -0.15) is 0 Å². The number of thiazole rings is 1. The number of nitrogens with one attached hydrogen (secondary N) is 1. The average Bonchev–Trinajstić information content (AvgIpc) is 3.59. The zero-order valence-electron chi connectivity index (χ0n) is 21.3. The molecule has 0 bridgehead atoms. The van der Waals surface area contributed by atoms with Crippen LogP contribution in [0, 0.1) is 0 Å². The van der Waals surface area contributed by atoms with E-state index in [2.05, 4.69) is 32.0 Å². The molecule has 0 unspecified atom stereocenters. The number of hydrogen-bond acceptors (Lipinski definition) is 10. The molecule has 2 atom stereocenters. The van der Waals surface area contributed by atoms with Crippen LogP contribution in [0.1, 0.15) is 42.1 Å². The number of anilines is 2. The Kier molecular flexibility index (Phi) is 8.24.